The molecule has 0 bridgehead atoms. The van der Waals surface area contributed by atoms with Crippen LogP contribution in [0.4, 0.5) is 0 Å². The van der Waals surface area contributed by atoms with Gasteiger partial charge in [-0.2, -0.15) is 0 Å². The third kappa shape index (κ3) is 4.37. The minimum atomic E-state index is -0.302. The smallest absolute Gasteiger partial charge is 0.163 e. The molecule has 53 heavy (non-hydrogen) atoms. The monoisotopic (exact) mass is 682 g/mol. The van der Waals surface area contributed by atoms with Gasteiger partial charge in [0.1, 0.15) is 23.2 Å². The predicted octanol–water partition coefficient (Wildman–Crippen LogP) is 11.5. The summed E-state index contributed by atoms with van der Waals surface area (Å²) < 4.78 is 9.28. The molecule has 5 heteroatoms. The Labute approximate surface area is 306 Å². The number of hydrogen-bond donors (Lipinski definition) is 1. The molecule has 2 aromatic heterocycles. The van der Waals surface area contributed by atoms with E-state index < -0.39 is 0 Å². The molecule has 3 heterocycles. The third-order valence-electron chi connectivity index (χ3n) is 11.3. The standard InChI is InChI=1S/C48H34N4O/c1-48(2)37-23-11-9-19-31(37)35-27-36-32-20-10-12-24-39(32)52(41(36)28-38(35)48)40-25-14-26-42-43(40)33-21-13-22-34(44(33)53-42)47-50-45(29-15-5-3-6-16-29)49-46(51-47)30-17-7-4-8-18-30/h3-28,45H,1-2H3,(H,49,50,51). The molecule has 11 rings (SSSR count). The number of furan rings is 1. The highest BCUT2D eigenvalue weighted by molar-refractivity contribution is 6.21. The fourth-order valence-electron chi connectivity index (χ4n) is 8.73. The summed E-state index contributed by atoms with van der Waals surface area (Å²) in [5, 5.41) is 8.16. The van der Waals surface area contributed by atoms with Crippen LogP contribution in [-0.4, -0.2) is 16.2 Å². The molecule has 1 unspecified atom stereocenters. The van der Waals surface area contributed by atoms with E-state index in [-0.39, 0.29) is 11.6 Å². The maximum Gasteiger partial charge on any atom is 0.163 e. The molecule has 5 nitrogen and oxygen atoms in total. The summed E-state index contributed by atoms with van der Waals surface area (Å²) in [6.45, 7) is 4.69. The zero-order chi connectivity index (χ0) is 35.3. The van der Waals surface area contributed by atoms with Crippen LogP contribution in [-0.2, 0) is 5.41 Å². The molecule has 9 aromatic rings. The Morgan fingerprint density at radius 1 is 0.604 bits per heavy atom. The van der Waals surface area contributed by atoms with Crippen molar-refractivity contribution in [3.8, 4) is 16.8 Å². The molecule has 0 saturated carbocycles. The van der Waals surface area contributed by atoms with Crippen LogP contribution in [0.15, 0.2) is 172 Å². The quantitative estimate of drug-likeness (QED) is 0.201. The minimum Gasteiger partial charge on any atom is -0.455 e. The maximum atomic E-state index is 6.85. The lowest BCUT2D eigenvalue weighted by Gasteiger charge is -2.23. The summed E-state index contributed by atoms with van der Waals surface area (Å²) >= 11 is 0. The molecular formula is C48H34N4O. The van der Waals surface area contributed by atoms with Crippen molar-refractivity contribution in [3.63, 3.8) is 0 Å². The number of hydrogen-bond acceptors (Lipinski definition) is 4. The van der Waals surface area contributed by atoms with Crippen molar-refractivity contribution < 1.29 is 4.42 Å². The van der Waals surface area contributed by atoms with Gasteiger partial charge >= 0.3 is 0 Å². The summed E-state index contributed by atoms with van der Waals surface area (Å²) in [6.07, 6.45) is -0.302. The van der Waals surface area contributed by atoms with Crippen molar-refractivity contribution in [1.82, 2.24) is 9.88 Å². The number of rotatable bonds is 4. The summed E-state index contributed by atoms with van der Waals surface area (Å²) in [7, 11) is 0. The van der Waals surface area contributed by atoms with Gasteiger partial charge in [-0.3, -0.25) is 0 Å². The van der Waals surface area contributed by atoms with Gasteiger partial charge in [0, 0.05) is 27.1 Å². The van der Waals surface area contributed by atoms with Crippen LogP contribution in [0.3, 0.4) is 0 Å². The fourth-order valence-corrected chi connectivity index (χ4v) is 8.73. The van der Waals surface area contributed by atoms with E-state index in [0.29, 0.717) is 5.84 Å². The van der Waals surface area contributed by atoms with Crippen LogP contribution in [0.2, 0.25) is 0 Å². The second kappa shape index (κ2) is 11.1. The number of para-hydroxylation sites is 2. The summed E-state index contributed by atoms with van der Waals surface area (Å²) in [5.41, 5.74) is 13.2. The van der Waals surface area contributed by atoms with E-state index in [4.69, 9.17) is 14.4 Å². The normalized spacial score (nSPS) is 16.1. The molecular weight excluding hydrogens is 649 g/mol. The fraction of sp³-hybridized carbons (Fsp3) is 0.0833. The van der Waals surface area contributed by atoms with Crippen LogP contribution in [0.5, 0.6) is 0 Å². The predicted molar refractivity (Wildman–Crippen MR) is 217 cm³/mol. The van der Waals surface area contributed by atoms with Gasteiger partial charge in [0.25, 0.3) is 0 Å². The number of benzene rings is 7. The summed E-state index contributed by atoms with van der Waals surface area (Å²) in [6, 6.07) is 55.8. The van der Waals surface area contributed by atoms with Crippen molar-refractivity contribution in [1.29, 1.82) is 0 Å². The van der Waals surface area contributed by atoms with Gasteiger partial charge in [-0.05, 0) is 64.2 Å². The molecule has 252 valence electrons. The lowest BCUT2D eigenvalue weighted by molar-refractivity contribution is 0.661. The van der Waals surface area contributed by atoms with Crippen molar-refractivity contribution >= 4 is 55.4 Å². The molecule has 0 amide bonds. The van der Waals surface area contributed by atoms with Crippen LogP contribution < -0.4 is 5.32 Å². The van der Waals surface area contributed by atoms with Crippen molar-refractivity contribution in [2.45, 2.75) is 25.4 Å². The molecule has 1 N–H and O–H groups in total. The zero-order valence-corrected chi connectivity index (χ0v) is 29.3. The van der Waals surface area contributed by atoms with E-state index in [0.717, 1.165) is 50.2 Å². The Morgan fingerprint density at radius 3 is 2.19 bits per heavy atom. The van der Waals surface area contributed by atoms with Gasteiger partial charge in [-0.1, -0.05) is 135 Å². The van der Waals surface area contributed by atoms with E-state index in [1.165, 1.54) is 44.1 Å². The highest BCUT2D eigenvalue weighted by atomic mass is 16.3. The molecule has 7 aromatic carbocycles. The minimum absolute atomic E-state index is 0.114. The molecule has 1 aliphatic carbocycles. The van der Waals surface area contributed by atoms with Crippen molar-refractivity contribution in [3.05, 3.63) is 186 Å². The van der Waals surface area contributed by atoms with Gasteiger partial charge in [-0.15, -0.1) is 0 Å². The molecule has 2 aliphatic rings. The van der Waals surface area contributed by atoms with Crippen LogP contribution in [0.1, 0.15) is 47.8 Å². The maximum absolute atomic E-state index is 6.85. The highest BCUT2D eigenvalue weighted by Crippen LogP contribution is 2.51. The van der Waals surface area contributed by atoms with E-state index in [1.54, 1.807) is 0 Å². The van der Waals surface area contributed by atoms with E-state index in [2.05, 4.69) is 145 Å². The number of amidine groups is 2. The first-order valence-electron chi connectivity index (χ1n) is 18.2. The van der Waals surface area contributed by atoms with Crippen molar-refractivity contribution in [2.75, 3.05) is 0 Å². The van der Waals surface area contributed by atoms with E-state index in [1.807, 2.05) is 36.4 Å². The SMILES string of the molecule is CC1(C)c2ccccc2-c2cc3c4ccccc4n(-c4cccc5oc6c(C7=NC(c8ccccc8)NC(c8ccccc8)=N7)cccc6c45)c3cc21. The van der Waals surface area contributed by atoms with Gasteiger partial charge in [0.15, 0.2) is 5.84 Å². The largest absolute Gasteiger partial charge is 0.455 e. The number of nitrogens with one attached hydrogen (secondary N) is 1. The summed E-state index contributed by atoms with van der Waals surface area (Å²) in [5.74, 6) is 1.41. The molecule has 0 saturated heterocycles. The van der Waals surface area contributed by atoms with Gasteiger partial charge in [-0.25, -0.2) is 9.98 Å². The first kappa shape index (κ1) is 30.0. The highest BCUT2D eigenvalue weighted by Gasteiger charge is 2.36. The topological polar surface area (TPSA) is 54.8 Å². The number of aliphatic imine (C=N–C) groups is 2. The van der Waals surface area contributed by atoms with Gasteiger partial charge < -0.3 is 14.3 Å². The Balaban J connectivity index is 1.15. The lowest BCUT2D eigenvalue weighted by atomic mass is 9.82. The van der Waals surface area contributed by atoms with Gasteiger partial charge in [0.05, 0.1) is 27.7 Å². The number of fused-ring (bicyclic) bond motifs is 9. The van der Waals surface area contributed by atoms with Crippen LogP contribution in [0.25, 0.3) is 60.6 Å². The van der Waals surface area contributed by atoms with Crippen molar-refractivity contribution in [2.24, 2.45) is 9.98 Å². The van der Waals surface area contributed by atoms with Crippen LogP contribution in [0, 0.1) is 0 Å². The Morgan fingerprint density at radius 2 is 1.32 bits per heavy atom. The lowest BCUT2D eigenvalue weighted by Crippen LogP contribution is -2.33. The zero-order valence-electron chi connectivity index (χ0n) is 29.3. The number of nitrogens with zero attached hydrogens (tertiary/aromatic N) is 3. The molecule has 1 aliphatic heterocycles. The molecule has 0 radical (unpaired) electrons. The summed E-state index contributed by atoms with van der Waals surface area (Å²) in [4.78, 5) is 10.3. The first-order valence-corrected chi connectivity index (χ1v) is 18.2. The van der Waals surface area contributed by atoms with Crippen LogP contribution >= 0.6 is 0 Å². The van der Waals surface area contributed by atoms with Gasteiger partial charge in [0.2, 0.25) is 0 Å². The Hall–Kier alpha value is -6.72. The first-order chi connectivity index (χ1) is 26.0. The second-order valence-corrected chi connectivity index (χ2v) is 14.6. The average Bonchev–Trinajstić information content (AvgIpc) is 3.83. The third-order valence-corrected chi connectivity index (χ3v) is 11.3. The Bertz CT molecular complexity index is 3000. The average molecular weight is 683 g/mol. The Kier molecular flexibility index (Phi) is 6.30. The van der Waals surface area contributed by atoms with E-state index in [9.17, 15) is 0 Å². The molecule has 1 atom stereocenters. The molecule has 0 fully saturated rings. The molecule has 0 spiro atoms. The second-order valence-electron chi connectivity index (χ2n) is 14.6. The number of aromatic nitrogens is 1. The van der Waals surface area contributed by atoms with E-state index >= 15 is 0 Å².